The van der Waals surface area contributed by atoms with Crippen LogP contribution in [0.3, 0.4) is 0 Å². The van der Waals surface area contributed by atoms with Crippen LogP contribution in [0, 0.1) is 5.92 Å². The molecule has 37 heavy (non-hydrogen) atoms. The molecule has 2 rings (SSSR count). The first-order valence-corrected chi connectivity index (χ1v) is 11.8. The highest BCUT2D eigenvalue weighted by Gasteiger charge is 2.32. The standard InChI is InChI=1S/C24H34N6O7/c1-12(2)20(23(35)28-17(24(36)37)7-8-19(26)32)30-22(34)18(29-21(33)15(25)11-31)9-13-10-27-16-6-4-3-5-14(13)16/h3-6,10,12,15,17-18,20,27,31H,7-9,11,25H2,1-2H3,(H2,26,32)(H,28,35)(H,29,33)(H,30,34)(H,36,37). The Labute approximate surface area is 213 Å². The average molecular weight is 519 g/mol. The zero-order valence-electron chi connectivity index (χ0n) is 20.7. The van der Waals surface area contributed by atoms with Gasteiger partial charge in [0.15, 0.2) is 0 Å². The van der Waals surface area contributed by atoms with Gasteiger partial charge in [-0.2, -0.15) is 0 Å². The number of nitrogens with two attached hydrogens (primary N) is 2. The Hall–Kier alpha value is -3.97. The lowest BCUT2D eigenvalue weighted by molar-refractivity contribution is -0.143. The van der Waals surface area contributed by atoms with Crippen LogP contribution in [0.25, 0.3) is 10.9 Å². The van der Waals surface area contributed by atoms with Crippen molar-refractivity contribution in [2.24, 2.45) is 17.4 Å². The van der Waals surface area contributed by atoms with Crippen molar-refractivity contribution in [3.8, 4) is 0 Å². The van der Waals surface area contributed by atoms with E-state index in [4.69, 9.17) is 11.5 Å². The number of H-pyrrole nitrogens is 1. The van der Waals surface area contributed by atoms with E-state index in [2.05, 4.69) is 20.9 Å². The maximum atomic E-state index is 13.3. The van der Waals surface area contributed by atoms with E-state index in [0.29, 0.717) is 0 Å². The van der Waals surface area contributed by atoms with Crippen molar-refractivity contribution in [1.82, 2.24) is 20.9 Å². The molecule has 4 atom stereocenters. The smallest absolute Gasteiger partial charge is 0.326 e. The number of carbonyl (C=O) groups excluding carboxylic acids is 4. The molecule has 0 spiro atoms. The summed E-state index contributed by atoms with van der Waals surface area (Å²) in [6.07, 6.45) is 1.28. The van der Waals surface area contributed by atoms with Crippen LogP contribution in [-0.4, -0.2) is 75.6 Å². The number of para-hydroxylation sites is 1. The quantitative estimate of drug-likeness (QED) is 0.146. The normalized spacial score (nSPS) is 14.4. The van der Waals surface area contributed by atoms with Crippen molar-refractivity contribution in [2.75, 3.05) is 6.61 Å². The number of aliphatic carboxylic acids is 1. The summed E-state index contributed by atoms with van der Waals surface area (Å²) < 4.78 is 0. The maximum absolute atomic E-state index is 13.3. The molecule has 1 aromatic heterocycles. The minimum atomic E-state index is -1.39. The molecule has 1 aromatic carbocycles. The predicted octanol–water partition coefficient (Wildman–Crippen LogP) is -1.51. The van der Waals surface area contributed by atoms with Crippen LogP contribution in [0.4, 0.5) is 0 Å². The molecule has 13 nitrogen and oxygen atoms in total. The van der Waals surface area contributed by atoms with Crippen molar-refractivity contribution in [3.05, 3.63) is 36.0 Å². The molecular weight excluding hydrogens is 484 g/mol. The number of amides is 4. The van der Waals surface area contributed by atoms with Crippen LogP contribution in [0.5, 0.6) is 0 Å². The van der Waals surface area contributed by atoms with E-state index < -0.39 is 66.3 Å². The average Bonchev–Trinajstić information content (AvgIpc) is 3.25. The first-order valence-electron chi connectivity index (χ1n) is 11.8. The Morgan fingerprint density at radius 2 is 1.62 bits per heavy atom. The van der Waals surface area contributed by atoms with E-state index in [1.54, 1.807) is 20.0 Å². The Balaban J connectivity index is 2.25. The lowest BCUT2D eigenvalue weighted by Gasteiger charge is -2.27. The number of benzene rings is 1. The van der Waals surface area contributed by atoms with Crippen LogP contribution in [0.2, 0.25) is 0 Å². The zero-order valence-corrected chi connectivity index (χ0v) is 20.7. The number of aliphatic hydroxyl groups is 1. The molecule has 4 amide bonds. The molecular formula is C24H34N6O7. The lowest BCUT2D eigenvalue weighted by Crippen LogP contribution is -2.59. The van der Waals surface area contributed by atoms with Gasteiger partial charge < -0.3 is 42.6 Å². The molecule has 13 heteroatoms. The number of aliphatic hydroxyl groups excluding tert-OH is 1. The first-order chi connectivity index (χ1) is 17.4. The van der Waals surface area contributed by atoms with Gasteiger partial charge in [0.1, 0.15) is 24.2 Å². The lowest BCUT2D eigenvalue weighted by atomic mass is 10.00. The van der Waals surface area contributed by atoms with Gasteiger partial charge in [-0.15, -0.1) is 0 Å². The Bertz CT molecular complexity index is 1130. The van der Waals surface area contributed by atoms with Gasteiger partial charge in [0.25, 0.3) is 0 Å². The number of carbonyl (C=O) groups is 5. The molecule has 0 aliphatic heterocycles. The van der Waals surface area contributed by atoms with Gasteiger partial charge >= 0.3 is 5.97 Å². The van der Waals surface area contributed by atoms with Gasteiger partial charge in [0.2, 0.25) is 23.6 Å². The van der Waals surface area contributed by atoms with Gasteiger partial charge in [-0.25, -0.2) is 4.79 Å². The molecule has 202 valence electrons. The number of hydrogen-bond acceptors (Lipinski definition) is 7. The highest BCUT2D eigenvalue weighted by molar-refractivity contribution is 5.95. The molecule has 0 aliphatic rings. The summed E-state index contributed by atoms with van der Waals surface area (Å²) in [5.41, 5.74) is 12.2. The monoisotopic (exact) mass is 518 g/mol. The van der Waals surface area contributed by atoms with E-state index in [1.165, 1.54) is 0 Å². The van der Waals surface area contributed by atoms with Gasteiger partial charge in [0.05, 0.1) is 6.61 Å². The second-order valence-electron chi connectivity index (χ2n) is 9.05. The Morgan fingerprint density at radius 3 is 2.22 bits per heavy atom. The van der Waals surface area contributed by atoms with Crippen LogP contribution < -0.4 is 27.4 Å². The number of fused-ring (bicyclic) bond motifs is 1. The third kappa shape index (κ3) is 8.29. The number of rotatable bonds is 14. The van der Waals surface area contributed by atoms with E-state index >= 15 is 0 Å². The van der Waals surface area contributed by atoms with Crippen LogP contribution in [0.15, 0.2) is 30.5 Å². The number of aromatic nitrogens is 1. The third-order valence-corrected chi connectivity index (χ3v) is 5.81. The van der Waals surface area contributed by atoms with Gasteiger partial charge in [-0.05, 0) is 24.0 Å². The third-order valence-electron chi connectivity index (χ3n) is 5.81. The second-order valence-corrected chi connectivity index (χ2v) is 9.05. The number of aromatic amines is 1. The minimum absolute atomic E-state index is 0.0442. The largest absolute Gasteiger partial charge is 0.480 e. The maximum Gasteiger partial charge on any atom is 0.326 e. The number of primary amides is 1. The van der Waals surface area contributed by atoms with Crippen molar-refractivity contribution in [1.29, 1.82) is 0 Å². The van der Waals surface area contributed by atoms with Gasteiger partial charge in [-0.1, -0.05) is 32.0 Å². The number of hydrogen-bond donors (Lipinski definition) is 8. The molecule has 0 bridgehead atoms. The second kappa shape index (κ2) is 13.4. The molecule has 1 heterocycles. The fourth-order valence-corrected chi connectivity index (χ4v) is 3.69. The molecule has 0 radical (unpaired) electrons. The molecule has 0 saturated carbocycles. The molecule has 0 aliphatic carbocycles. The number of carboxylic acids is 1. The van der Waals surface area contributed by atoms with Crippen molar-refractivity contribution < 1.29 is 34.2 Å². The van der Waals surface area contributed by atoms with Crippen LogP contribution >= 0.6 is 0 Å². The highest BCUT2D eigenvalue weighted by Crippen LogP contribution is 2.19. The van der Waals surface area contributed by atoms with Gasteiger partial charge in [-0.3, -0.25) is 19.2 Å². The molecule has 4 unspecified atom stereocenters. The molecule has 0 fully saturated rings. The summed E-state index contributed by atoms with van der Waals surface area (Å²) >= 11 is 0. The Kier molecular flexibility index (Phi) is 10.6. The molecule has 10 N–H and O–H groups in total. The van der Waals surface area contributed by atoms with Crippen molar-refractivity contribution >= 4 is 40.5 Å². The van der Waals surface area contributed by atoms with Crippen molar-refractivity contribution in [3.63, 3.8) is 0 Å². The molecule has 2 aromatic rings. The number of nitrogens with one attached hydrogen (secondary N) is 4. The van der Waals surface area contributed by atoms with E-state index in [9.17, 15) is 34.2 Å². The summed E-state index contributed by atoms with van der Waals surface area (Å²) in [5, 5.41) is 26.9. The topological polar surface area (TPSA) is 230 Å². The summed E-state index contributed by atoms with van der Waals surface area (Å²) in [7, 11) is 0. The SMILES string of the molecule is CC(C)C(NC(=O)C(Cc1c[nH]c2ccccc12)NC(=O)C(N)CO)C(=O)NC(CCC(N)=O)C(=O)O. The predicted molar refractivity (Wildman–Crippen MR) is 134 cm³/mol. The molecule has 0 saturated heterocycles. The fourth-order valence-electron chi connectivity index (χ4n) is 3.69. The number of carboxylic acid groups (broad SMARTS) is 1. The van der Waals surface area contributed by atoms with E-state index in [0.717, 1.165) is 16.5 Å². The zero-order chi connectivity index (χ0) is 27.7. The van der Waals surface area contributed by atoms with E-state index in [-0.39, 0.29) is 19.3 Å². The Morgan fingerprint density at radius 1 is 0.973 bits per heavy atom. The highest BCUT2D eigenvalue weighted by atomic mass is 16.4. The van der Waals surface area contributed by atoms with E-state index in [1.807, 2.05) is 24.3 Å². The summed E-state index contributed by atoms with van der Waals surface area (Å²) in [5.74, 6) is -4.77. The first kappa shape index (κ1) is 29.3. The summed E-state index contributed by atoms with van der Waals surface area (Å²) in [6, 6.07) is 2.40. The summed E-state index contributed by atoms with van der Waals surface area (Å²) in [6.45, 7) is 2.67. The van der Waals surface area contributed by atoms with Crippen LogP contribution in [-0.2, 0) is 30.4 Å². The van der Waals surface area contributed by atoms with Gasteiger partial charge in [0, 0.05) is 29.9 Å². The summed E-state index contributed by atoms with van der Waals surface area (Å²) in [4.78, 5) is 64.3. The fraction of sp³-hybridized carbons (Fsp3) is 0.458. The van der Waals surface area contributed by atoms with Crippen molar-refractivity contribution in [2.45, 2.75) is 57.3 Å². The van der Waals surface area contributed by atoms with Crippen LogP contribution in [0.1, 0.15) is 32.3 Å². The minimum Gasteiger partial charge on any atom is -0.480 e.